The highest BCUT2D eigenvalue weighted by atomic mass is 16.1. The highest BCUT2D eigenvalue weighted by molar-refractivity contribution is 5.77. The summed E-state index contributed by atoms with van der Waals surface area (Å²) in [4.78, 5) is 11.4. The standard InChI is InChI=1S/C15H22N6O/c1-10(2)15(22)17-8-7-16-13-5-6-14(19-18-13)21-12(4)9-11(3)20-21/h5-6,9-10H,7-8H2,1-4H3,(H,16,18)(H,17,22). The fourth-order valence-electron chi connectivity index (χ4n) is 1.97. The second kappa shape index (κ2) is 7.02. The lowest BCUT2D eigenvalue weighted by Gasteiger charge is -2.09. The predicted octanol–water partition coefficient (Wildman–Crippen LogP) is 1.46. The number of anilines is 1. The normalized spacial score (nSPS) is 10.8. The molecule has 22 heavy (non-hydrogen) atoms. The Hall–Kier alpha value is -2.44. The van der Waals surface area contributed by atoms with Crippen molar-refractivity contribution in [2.45, 2.75) is 27.7 Å². The predicted molar refractivity (Wildman–Crippen MR) is 85.0 cm³/mol. The molecule has 0 unspecified atom stereocenters. The monoisotopic (exact) mass is 302 g/mol. The van der Waals surface area contributed by atoms with Gasteiger partial charge in [0.2, 0.25) is 5.91 Å². The van der Waals surface area contributed by atoms with Gasteiger partial charge in [0.1, 0.15) is 5.82 Å². The van der Waals surface area contributed by atoms with Crippen LogP contribution in [0.3, 0.4) is 0 Å². The first-order valence-corrected chi connectivity index (χ1v) is 7.36. The van der Waals surface area contributed by atoms with Crippen LogP contribution in [0.4, 0.5) is 5.82 Å². The van der Waals surface area contributed by atoms with Crippen LogP contribution in [0.5, 0.6) is 0 Å². The van der Waals surface area contributed by atoms with Gasteiger partial charge in [-0.05, 0) is 32.0 Å². The van der Waals surface area contributed by atoms with Gasteiger partial charge in [-0.1, -0.05) is 13.8 Å². The number of nitrogens with zero attached hydrogens (tertiary/aromatic N) is 4. The van der Waals surface area contributed by atoms with E-state index in [0.717, 1.165) is 11.4 Å². The molecule has 0 bridgehead atoms. The average molecular weight is 302 g/mol. The average Bonchev–Trinajstić information content (AvgIpc) is 2.82. The minimum Gasteiger partial charge on any atom is -0.367 e. The Morgan fingerprint density at radius 3 is 2.55 bits per heavy atom. The van der Waals surface area contributed by atoms with E-state index in [2.05, 4.69) is 25.9 Å². The number of nitrogens with one attached hydrogen (secondary N) is 2. The number of amides is 1. The Labute approximate surface area is 130 Å². The van der Waals surface area contributed by atoms with Crippen LogP contribution in [-0.2, 0) is 4.79 Å². The molecule has 0 saturated heterocycles. The third kappa shape index (κ3) is 4.03. The van der Waals surface area contributed by atoms with Crippen LogP contribution in [0.15, 0.2) is 18.2 Å². The van der Waals surface area contributed by atoms with Gasteiger partial charge in [-0.2, -0.15) is 5.10 Å². The van der Waals surface area contributed by atoms with Crippen LogP contribution in [0.2, 0.25) is 0 Å². The van der Waals surface area contributed by atoms with Gasteiger partial charge in [0.05, 0.1) is 5.69 Å². The van der Waals surface area contributed by atoms with Gasteiger partial charge in [-0.25, -0.2) is 4.68 Å². The molecule has 0 spiro atoms. The van der Waals surface area contributed by atoms with Crippen molar-refractivity contribution in [3.63, 3.8) is 0 Å². The van der Waals surface area contributed by atoms with Gasteiger partial charge in [0.15, 0.2) is 5.82 Å². The van der Waals surface area contributed by atoms with E-state index in [1.807, 2.05) is 45.9 Å². The van der Waals surface area contributed by atoms with Gasteiger partial charge < -0.3 is 10.6 Å². The zero-order chi connectivity index (χ0) is 16.1. The molecule has 118 valence electrons. The first-order chi connectivity index (χ1) is 10.5. The van der Waals surface area contributed by atoms with Crippen molar-refractivity contribution < 1.29 is 4.79 Å². The summed E-state index contributed by atoms with van der Waals surface area (Å²) in [5, 5.41) is 18.6. The van der Waals surface area contributed by atoms with E-state index < -0.39 is 0 Å². The number of aryl methyl sites for hydroxylation is 2. The third-order valence-electron chi connectivity index (χ3n) is 3.13. The SMILES string of the molecule is Cc1cc(C)n(-c2ccc(NCCNC(=O)C(C)C)nn2)n1. The molecule has 2 aromatic rings. The molecule has 1 amide bonds. The summed E-state index contributed by atoms with van der Waals surface area (Å²) in [5.74, 6) is 1.40. The highest BCUT2D eigenvalue weighted by Gasteiger charge is 2.06. The molecule has 0 saturated carbocycles. The number of hydrogen-bond donors (Lipinski definition) is 2. The Bertz CT molecular complexity index is 632. The Kier molecular flexibility index (Phi) is 5.08. The molecule has 0 aliphatic carbocycles. The molecule has 0 aliphatic heterocycles. The lowest BCUT2D eigenvalue weighted by Crippen LogP contribution is -2.32. The molecule has 2 aromatic heterocycles. The van der Waals surface area contributed by atoms with Gasteiger partial charge >= 0.3 is 0 Å². The molecular formula is C15H22N6O. The zero-order valence-corrected chi connectivity index (χ0v) is 13.4. The maximum Gasteiger partial charge on any atom is 0.222 e. The molecular weight excluding hydrogens is 280 g/mol. The molecule has 2 heterocycles. The second-order valence-corrected chi connectivity index (χ2v) is 5.49. The van der Waals surface area contributed by atoms with Crippen molar-refractivity contribution in [1.82, 2.24) is 25.3 Å². The maximum absolute atomic E-state index is 11.4. The van der Waals surface area contributed by atoms with Crippen molar-refractivity contribution in [2.24, 2.45) is 5.92 Å². The first kappa shape index (κ1) is 15.9. The van der Waals surface area contributed by atoms with Gasteiger partial charge in [-0.15, -0.1) is 10.2 Å². The number of aromatic nitrogens is 4. The highest BCUT2D eigenvalue weighted by Crippen LogP contribution is 2.10. The summed E-state index contributed by atoms with van der Waals surface area (Å²) >= 11 is 0. The first-order valence-electron chi connectivity index (χ1n) is 7.36. The molecule has 7 nitrogen and oxygen atoms in total. The second-order valence-electron chi connectivity index (χ2n) is 5.49. The Balaban J connectivity index is 1.87. The molecule has 0 aliphatic rings. The van der Waals surface area contributed by atoms with E-state index in [-0.39, 0.29) is 11.8 Å². The molecule has 0 atom stereocenters. The minimum absolute atomic E-state index is 0.000146. The molecule has 0 fully saturated rings. The quantitative estimate of drug-likeness (QED) is 0.789. The van der Waals surface area contributed by atoms with E-state index in [9.17, 15) is 4.79 Å². The summed E-state index contributed by atoms with van der Waals surface area (Å²) < 4.78 is 1.76. The fourth-order valence-corrected chi connectivity index (χ4v) is 1.97. The van der Waals surface area contributed by atoms with Crippen LogP contribution < -0.4 is 10.6 Å². The van der Waals surface area contributed by atoms with Gasteiger partial charge in [0.25, 0.3) is 0 Å². The summed E-state index contributed by atoms with van der Waals surface area (Å²) in [5.41, 5.74) is 1.96. The smallest absolute Gasteiger partial charge is 0.222 e. The van der Waals surface area contributed by atoms with E-state index in [1.165, 1.54) is 0 Å². The van der Waals surface area contributed by atoms with Gasteiger partial charge in [-0.3, -0.25) is 4.79 Å². The molecule has 0 aromatic carbocycles. The number of carbonyl (C=O) groups excluding carboxylic acids is 1. The summed E-state index contributed by atoms with van der Waals surface area (Å²) in [6, 6.07) is 5.70. The fraction of sp³-hybridized carbons (Fsp3) is 0.467. The molecule has 2 N–H and O–H groups in total. The van der Waals surface area contributed by atoms with E-state index in [0.29, 0.717) is 24.7 Å². The molecule has 0 radical (unpaired) electrons. The van der Waals surface area contributed by atoms with Crippen LogP contribution in [0, 0.1) is 19.8 Å². The van der Waals surface area contributed by atoms with Crippen molar-refractivity contribution >= 4 is 11.7 Å². The van der Waals surface area contributed by atoms with E-state index >= 15 is 0 Å². The lowest BCUT2D eigenvalue weighted by molar-refractivity contribution is -0.123. The number of hydrogen-bond acceptors (Lipinski definition) is 5. The van der Waals surface area contributed by atoms with Gasteiger partial charge in [0, 0.05) is 24.7 Å². The van der Waals surface area contributed by atoms with Crippen molar-refractivity contribution in [3.8, 4) is 5.82 Å². The van der Waals surface area contributed by atoms with E-state index in [4.69, 9.17) is 0 Å². The third-order valence-corrected chi connectivity index (χ3v) is 3.13. The maximum atomic E-state index is 11.4. The van der Waals surface area contributed by atoms with E-state index in [1.54, 1.807) is 4.68 Å². The lowest BCUT2D eigenvalue weighted by atomic mass is 10.2. The van der Waals surface area contributed by atoms with Crippen molar-refractivity contribution in [3.05, 3.63) is 29.6 Å². The summed E-state index contributed by atoms with van der Waals surface area (Å²) in [7, 11) is 0. The Morgan fingerprint density at radius 1 is 1.23 bits per heavy atom. The number of rotatable bonds is 6. The summed E-state index contributed by atoms with van der Waals surface area (Å²) in [6.45, 7) is 8.81. The largest absolute Gasteiger partial charge is 0.367 e. The van der Waals surface area contributed by atoms with Crippen molar-refractivity contribution in [2.75, 3.05) is 18.4 Å². The Morgan fingerprint density at radius 2 is 2.00 bits per heavy atom. The topological polar surface area (TPSA) is 84.7 Å². The minimum atomic E-state index is -0.000146. The molecule has 2 rings (SSSR count). The van der Waals surface area contributed by atoms with Crippen LogP contribution >= 0.6 is 0 Å². The summed E-state index contributed by atoms with van der Waals surface area (Å²) in [6.07, 6.45) is 0. The van der Waals surface area contributed by atoms with Crippen LogP contribution in [0.1, 0.15) is 25.2 Å². The van der Waals surface area contributed by atoms with Crippen LogP contribution in [-0.4, -0.2) is 39.0 Å². The van der Waals surface area contributed by atoms with Crippen molar-refractivity contribution in [1.29, 1.82) is 0 Å². The zero-order valence-electron chi connectivity index (χ0n) is 13.4. The molecule has 7 heteroatoms. The van der Waals surface area contributed by atoms with Crippen LogP contribution in [0.25, 0.3) is 5.82 Å². The number of carbonyl (C=O) groups is 1.